The normalized spacial score (nSPS) is 10.9. The molecule has 0 heterocycles. The quantitative estimate of drug-likeness (QED) is 0.340. The van der Waals surface area contributed by atoms with Gasteiger partial charge in [-0.25, -0.2) is 0 Å². The highest BCUT2D eigenvalue weighted by Gasteiger charge is 2.09. The SMILES string of the molecule is CCc1ccc(NC(=O)/C(C#N)=C/c2ccc(OCc3ccc(Br)cc3)cc2)cc1. The molecular formula is C25H21BrN2O2. The standard InChI is InChI=1S/C25H21BrN2O2/c1-2-18-5-11-23(12-6-18)28-25(29)21(16-27)15-19-7-13-24(14-8-19)30-17-20-3-9-22(26)10-4-20/h3-15H,2,17H2,1H3,(H,28,29)/b21-15+. The van der Waals surface area contributed by atoms with E-state index < -0.39 is 5.91 Å². The van der Waals surface area contributed by atoms with Crippen molar-refractivity contribution < 1.29 is 9.53 Å². The topological polar surface area (TPSA) is 62.1 Å². The summed E-state index contributed by atoms with van der Waals surface area (Å²) in [5.41, 5.74) is 3.70. The number of carbonyl (C=O) groups excluding carboxylic acids is 1. The number of benzene rings is 3. The first-order chi connectivity index (χ1) is 14.6. The Kier molecular flexibility index (Phi) is 7.42. The predicted molar refractivity (Wildman–Crippen MR) is 123 cm³/mol. The summed E-state index contributed by atoms with van der Waals surface area (Å²) in [5, 5.41) is 12.2. The van der Waals surface area contributed by atoms with Crippen LogP contribution < -0.4 is 10.1 Å². The molecule has 0 aliphatic rings. The molecule has 1 amide bonds. The summed E-state index contributed by atoms with van der Waals surface area (Å²) in [5.74, 6) is 0.284. The minimum Gasteiger partial charge on any atom is -0.489 e. The molecule has 0 saturated heterocycles. The number of nitrogens with zero attached hydrogens (tertiary/aromatic N) is 1. The van der Waals surface area contributed by atoms with Crippen molar-refractivity contribution in [3.8, 4) is 11.8 Å². The minimum atomic E-state index is -0.433. The zero-order valence-corrected chi connectivity index (χ0v) is 18.1. The van der Waals surface area contributed by atoms with Gasteiger partial charge in [-0.05, 0) is 65.6 Å². The molecule has 3 aromatic carbocycles. The van der Waals surface area contributed by atoms with Crippen LogP contribution in [0.25, 0.3) is 6.08 Å². The van der Waals surface area contributed by atoms with E-state index in [1.165, 1.54) is 5.56 Å². The van der Waals surface area contributed by atoms with Gasteiger partial charge in [0.05, 0.1) is 0 Å². The number of amides is 1. The van der Waals surface area contributed by atoms with E-state index in [9.17, 15) is 10.1 Å². The highest BCUT2D eigenvalue weighted by Crippen LogP contribution is 2.18. The van der Waals surface area contributed by atoms with Gasteiger partial charge in [0.1, 0.15) is 24.0 Å². The van der Waals surface area contributed by atoms with E-state index in [2.05, 4.69) is 28.2 Å². The van der Waals surface area contributed by atoms with Crippen LogP contribution >= 0.6 is 15.9 Å². The van der Waals surface area contributed by atoms with E-state index in [0.29, 0.717) is 18.0 Å². The second kappa shape index (κ2) is 10.4. The van der Waals surface area contributed by atoms with E-state index in [1.807, 2.05) is 78.9 Å². The van der Waals surface area contributed by atoms with Crippen molar-refractivity contribution in [1.29, 1.82) is 5.26 Å². The lowest BCUT2D eigenvalue weighted by molar-refractivity contribution is -0.112. The van der Waals surface area contributed by atoms with Crippen molar-refractivity contribution >= 4 is 33.6 Å². The molecule has 0 unspecified atom stereocenters. The molecule has 0 spiro atoms. The Morgan fingerprint density at radius 3 is 2.23 bits per heavy atom. The predicted octanol–water partition coefficient (Wildman–Crippen LogP) is 6.14. The van der Waals surface area contributed by atoms with Crippen LogP contribution in [0.5, 0.6) is 5.75 Å². The van der Waals surface area contributed by atoms with Gasteiger partial charge in [0.2, 0.25) is 0 Å². The fraction of sp³-hybridized carbons (Fsp3) is 0.120. The number of aryl methyl sites for hydroxylation is 1. The number of ether oxygens (including phenoxy) is 1. The summed E-state index contributed by atoms with van der Waals surface area (Å²) in [6.07, 6.45) is 2.49. The minimum absolute atomic E-state index is 0.0399. The molecular weight excluding hydrogens is 440 g/mol. The Balaban J connectivity index is 1.62. The number of carbonyl (C=O) groups is 1. The fourth-order valence-electron chi connectivity index (χ4n) is 2.75. The summed E-state index contributed by atoms with van der Waals surface area (Å²) in [4.78, 5) is 12.4. The maximum absolute atomic E-state index is 12.4. The molecule has 0 saturated carbocycles. The lowest BCUT2D eigenvalue weighted by Crippen LogP contribution is -2.13. The zero-order valence-electron chi connectivity index (χ0n) is 16.6. The Morgan fingerprint density at radius 1 is 1.00 bits per heavy atom. The fourth-order valence-corrected chi connectivity index (χ4v) is 3.01. The first kappa shape index (κ1) is 21.4. The van der Waals surface area contributed by atoms with Crippen molar-refractivity contribution in [3.05, 3.63) is 99.5 Å². The third-order valence-corrected chi connectivity index (χ3v) is 5.02. The highest BCUT2D eigenvalue weighted by molar-refractivity contribution is 9.10. The van der Waals surface area contributed by atoms with Crippen molar-refractivity contribution in [2.45, 2.75) is 20.0 Å². The van der Waals surface area contributed by atoms with Crippen LogP contribution in [-0.4, -0.2) is 5.91 Å². The van der Waals surface area contributed by atoms with Gasteiger partial charge in [0.25, 0.3) is 5.91 Å². The van der Waals surface area contributed by atoms with Crippen LogP contribution in [0.4, 0.5) is 5.69 Å². The molecule has 3 aromatic rings. The van der Waals surface area contributed by atoms with Crippen LogP contribution in [0, 0.1) is 11.3 Å². The molecule has 0 aliphatic heterocycles. The van der Waals surface area contributed by atoms with Gasteiger partial charge in [-0.15, -0.1) is 0 Å². The second-order valence-corrected chi connectivity index (χ2v) is 7.57. The molecule has 0 atom stereocenters. The Bertz CT molecular complexity index is 1060. The van der Waals surface area contributed by atoms with E-state index >= 15 is 0 Å². The molecule has 5 heteroatoms. The van der Waals surface area contributed by atoms with Gasteiger partial charge in [-0.3, -0.25) is 4.79 Å². The Labute approximate surface area is 184 Å². The van der Waals surface area contributed by atoms with Gasteiger partial charge in [-0.2, -0.15) is 5.26 Å². The molecule has 0 radical (unpaired) electrons. The van der Waals surface area contributed by atoms with Crippen LogP contribution in [0.3, 0.4) is 0 Å². The molecule has 0 fully saturated rings. The molecule has 150 valence electrons. The first-order valence-electron chi connectivity index (χ1n) is 9.57. The van der Waals surface area contributed by atoms with Gasteiger partial charge >= 0.3 is 0 Å². The maximum atomic E-state index is 12.4. The summed E-state index contributed by atoms with van der Waals surface area (Å²) in [6.45, 7) is 2.53. The van der Waals surface area contributed by atoms with E-state index in [-0.39, 0.29) is 5.57 Å². The van der Waals surface area contributed by atoms with Gasteiger partial charge in [0.15, 0.2) is 0 Å². The summed E-state index contributed by atoms with van der Waals surface area (Å²) >= 11 is 3.41. The van der Waals surface area contributed by atoms with Crippen LogP contribution in [0.15, 0.2) is 82.8 Å². The maximum Gasteiger partial charge on any atom is 0.266 e. The number of hydrogen-bond acceptors (Lipinski definition) is 3. The number of nitriles is 1. The van der Waals surface area contributed by atoms with Crippen LogP contribution in [0.1, 0.15) is 23.6 Å². The number of anilines is 1. The zero-order chi connectivity index (χ0) is 21.3. The number of rotatable bonds is 7. The van der Waals surface area contributed by atoms with Gasteiger partial charge < -0.3 is 10.1 Å². The van der Waals surface area contributed by atoms with Gasteiger partial charge in [0, 0.05) is 10.2 Å². The smallest absolute Gasteiger partial charge is 0.266 e. The monoisotopic (exact) mass is 460 g/mol. The van der Waals surface area contributed by atoms with E-state index in [0.717, 1.165) is 22.0 Å². The molecule has 4 nitrogen and oxygen atoms in total. The van der Waals surface area contributed by atoms with E-state index in [1.54, 1.807) is 6.08 Å². The second-order valence-electron chi connectivity index (χ2n) is 6.66. The molecule has 30 heavy (non-hydrogen) atoms. The average molecular weight is 461 g/mol. The summed E-state index contributed by atoms with van der Waals surface area (Å²) in [7, 11) is 0. The van der Waals surface area contributed by atoms with E-state index in [4.69, 9.17) is 4.74 Å². The summed E-state index contributed by atoms with van der Waals surface area (Å²) in [6, 6.07) is 24.8. The number of hydrogen-bond donors (Lipinski definition) is 1. The van der Waals surface area contributed by atoms with Gasteiger partial charge in [-0.1, -0.05) is 59.3 Å². The number of halogens is 1. The molecule has 0 bridgehead atoms. The van der Waals surface area contributed by atoms with Crippen LogP contribution in [-0.2, 0) is 17.8 Å². The molecule has 3 rings (SSSR count). The lowest BCUT2D eigenvalue weighted by Gasteiger charge is -2.07. The first-order valence-corrected chi connectivity index (χ1v) is 10.4. The lowest BCUT2D eigenvalue weighted by atomic mass is 10.1. The molecule has 0 aromatic heterocycles. The number of nitrogens with one attached hydrogen (secondary N) is 1. The van der Waals surface area contributed by atoms with Crippen molar-refractivity contribution in [3.63, 3.8) is 0 Å². The third-order valence-electron chi connectivity index (χ3n) is 4.49. The van der Waals surface area contributed by atoms with Crippen molar-refractivity contribution in [1.82, 2.24) is 0 Å². The van der Waals surface area contributed by atoms with Crippen molar-refractivity contribution in [2.24, 2.45) is 0 Å². The van der Waals surface area contributed by atoms with Crippen LogP contribution in [0.2, 0.25) is 0 Å². The Hall–Kier alpha value is -3.36. The molecule has 1 N–H and O–H groups in total. The van der Waals surface area contributed by atoms with Crippen molar-refractivity contribution in [2.75, 3.05) is 5.32 Å². The molecule has 0 aliphatic carbocycles. The third kappa shape index (κ3) is 6.07. The largest absolute Gasteiger partial charge is 0.489 e. The summed E-state index contributed by atoms with van der Waals surface area (Å²) < 4.78 is 6.81. The highest BCUT2D eigenvalue weighted by atomic mass is 79.9. The Morgan fingerprint density at radius 2 is 1.63 bits per heavy atom. The average Bonchev–Trinajstić information content (AvgIpc) is 2.78.